The number of likely N-dealkylation sites (N-methyl/N-ethyl adjacent to an activating group) is 1. The van der Waals surface area contributed by atoms with Crippen LogP contribution in [0, 0.1) is 12.7 Å². The molecule has 0 saturated carbocycles. The molecule has 0 radical (unpaired) electrons. The fourth-order valence-electron chi connectivity index (χ4n) is 6.56. The molecule has 2 aliphatic heterocycles. The number of carbonyl (C=O) groups is 1. The molecule has 2 aromatic carbocycles. The number of alkyl halides is 3. The molecule has 0 spiro atoms. The van der Waals surface area contributed by atoms with Gasteiger partial charge in [-0.2, -0.15) is 18.3 Å². The van der Waals surface area contributed by atoms with Gasteiger partial charge < -0.3 is 14.5 Å². The quantitative estimate of drug-likeness (QED) is 0.167. The molecule has 1 amide bonds. The minimum absolute atomic E-state index is 0.0435. The van der Waals surface area contributed by atoms with Gasteiger partial charge in [0.1, 0.15) is 12.1 Å². The van der Waals surface area contributed by atoms with Crippen molar-refractivity contribution >= 4 is 39.3 Å². The number of likely N-dealkylation sites (tertiary alicyclic amines) is 2. The van der Waals surface area contributed by atoms with Crippen LogP contribution in [-0.2, 0) is 11.0 Å². The number of pyridine rings is 1. The summed E-state index contributed by atoms with van der Waals surface area (Å²) in [6, 6.07) is 5.49. The van der Waals surface area contributed by atoms with Gasteiger partial charge in [-0.25, -0.2) is 9.37 Å². The minimum atomic E-state index is -4.73. The lowest BCUT2D eigenvalue weighted by Crippen LogP contribution is -2.38. The first-order valence-electron chi connectivity index (χ1n) is 14.6. The summed E-state index contributed by atoms with van der Waals surface area (Å²) in [7, 11) is 2.01. The molecular formula is C32H32ClF4N5O2. The van der Waals surface area contributed by atoms with E-state index < -0.39 is 17.6 Å². The van der Waals surface area contributed by atoms with Crippen LogP contribution in [0.15, 0.2) is 43.1 Å². The summed E-state index contributed by atoms with van der Waals surface area (Å²) in [5.41, 5.74) is -1.34. The van der Waals surface area contributed by atoms with Crippen LogP contribution in [-0.4, -0.2) is 69.8 Å². The number of benzene rings is 2. The molecular weight excluding hydrogens is 598 g/mol. The number of hydrogen-bond acceptors (Lipinski definition) is 5. The van der Waals surface area contributed by atoms with Crippen molar-refractivity contribution in [3.63, 3.8) is 0 Å². The van der Waals surface area contributed by atoms with Crippen LogP contribution in [0.2, 0.25) is 5.02 Å². The minimum Gasteiger partial charge on any atom is -0.475 e. The van der Waals surface area contributed by atoms with Gasteiger partial charge in [0.25, 0.3) is 0 Å². The molecule has 2 saturated heterocycles. The van der Waals surface area contributed by atoms with E-state index in [-0.39, 0.29) is 51.1 Å². The van der Waals surface area contributed by atoms with Gasteiger partial charge in [0.15, 0.2) is 5.82 Å². The lowest BCUT2D eigenvalue weighted by molar-refractivity contribution is -0.137. The molecule has 4 heterocycles. The van der Waals surface area contributed by atoms with Crippen LogP contribution in [0.5, 0.6) is 5.88 Å². The van der Waals surface area contributed by atoms with E-state index >= 15 is 4.39 Å². The second-order valence-electron chi connectivity index (χ2n) is 11.6. The average molecular weight is 630 g/mol. The number of amides is 1. The fourth-order valence-corrected chi connectivity index (χ4v) is 6.85. The topological polar surface area (TPSA) is 63.5 Å². The van der Waals surface area contributed by atoms with Crippen molar-refractivity contribution in [2.75, 3.05) is 33.3 Å². The first-order valence-corrected chi connectivity index (χ1v) is 15.0. The number of rotatable bonds is 6. The van der Waals surface area contributed by atoms with Crippen LogP contribution in [0.1, 0.15) is 42.9 Å². The summed E-state index contributed by atoms with van der Waals surface area (Å²) >= 11 is 6.64. The van der Waals surface area contributed by atoms with Gasteiger partial charge in [0.2, 0.25) is 11.8 Å². The second-order valence-corrected chi connectivity index (χ2v) is 12.0. The van der Waals surface area contributed by atoms with Gasteiger partial charge >= 0.3 is 6.18 Å². The zero-order valence-electron chi connectivity index (χ0n) is 24.4. The van der Waals surface area contributed by atoms with Gasteiger partial charge in [-0.3, -0.25) is 9.48 Å². The Kier molecular flexibility index (Phi) is 8.04. The summed E-state index contributed by atoms with van der Waals surface area (Å²) in [4.78, 5) is 20.6. The lowest BCUT2D eigenvalue weighted by Gasteiger charge is -2.32. The third kappa shape index (κ3) is 5.30. The molecule has 0 aliphatic carbocycles. The Labute approximate surface area is 257 Å². The Morgan fingerprint density at radius 2 is 1.93 bits per heavy atom. The van der Waals surface area contributed by atoms with Crippen LogP contribution in [0.25, 0.3) is 32.9 Å². The van der Waals surface area contributed by atoms with Crippen LogP contribution >= 0.6 is 11.6 Å². The van der Waals surface area contributed by atoms with E-state index in [4.69, 9.17) is 16.3 Å². The van der Waals surface area contributed by atoms with E-state index in [1.807, 2.05) is 7.05 Å². The van der Waals surface area contributed by atoms with Crippen LogP contribution < -0.4 is 4.74 Å². The van der Waals surface area contributed by atoms with Crippen molar-refractivity contribution in [2.24, 2.45) is 0 Å². The Hall–Kier alpha value is -3.70. The predicted molar refractivity (Wildman–Crippen MR) is 161 cm³/mol. The molecule has 0 N–H and O–H groups in total. The summed E-state index contributed by atoms with van der Waals surface area (Å²) in [6.45, 7) is 7.13. The molecule has 232 valence electrons. The highest BCUT2D eigenvalue weighted by molar-refractivity contribution is 6.34. The van der Waals surface area contributed by atoms with E-state index in [1.165, 1.54) is 37.3 Å². The van der Waals surface area contributed by atoms with Gasteiger partial charge in [0, 0.05) is 30.1 Å². The largest absolute Gasteiger partial charge is 0.475 e. The molecule has 7 nitrogen and oxygen atoms in total. The van der Waals surface area contributed by atoms with Crippen molar-refractivity contribution in [2.45, 2.75) is 50.9 Å². The number of ether oxygens (including phenoxy) is 1. The zero-order chi connectivity index (χ0) is 31.3. The number of piperidine rings is 1. The number of carbonyl (C=O) groups excluding carboxylic acids is 1. The summed E-state index contributed by atoms with van der Waals surface area (Å²) in [5, 5.41) is 5.36. The van der Waals surface area contributed by atoms with Crippen LogP contribution in [0.3, 0.4) is 0 Å². The number of hydrogen-bond donors (Lipinski definition) is 0. The second kappa shape index (κ2) is 11.7. The molecule has 2 aromatic heterocycles. The normalized spacial score (nSPS) is 18.4. The Morgan fingerprint density at radius 3 is 2.59 bits per heavy atom. The molecule has 4 aromatic rings. The Bertz CT molecular complexity index is 1760. The smallest absolute Gasteiger partial charge is 0.417 e. The van der Waals surface area contributed by atoms with E-state index in [9.17, 15) is 18.0 Å². The van der Waals surface area contributed by atoms with Crippen molar-refractivity contribution < 1.29 is 27.1 Å². The number of aryl methyl sites for hydroxylation is 1. The number of halogens is 5. The fraction of sp³-hybridized carbons (Fsp3) is 0.406. The highest BCUT2D eigenvalue weighted by atomic mass is 35.5. The van der Waals surface area contributed by atoms with Crippen molar-refractivity contribution in [3.05, 3.63) is 65.1 Å². The van der Waals surface area contributed by atoms with E-state index in [2.05, 4.69) is 21.6 Å². The number of nitrogens with zero attached hydrogens (tertiary/aromatic N) is 5. The molecule has 1 atom stereocenters. The van der Waals surface area contributed by atoms with Crippen molar-refractivity contribution in [3.8, 4) is 17.0 Å². The average Bonchev–Trinajstić information content (AvgIpc) is 3.62. The maximum atomic E-state index is 16.6. The maximum absolute atomic E-state index is 16.6. The maximum Gasteiger partial charge on any atom is 0.417 e. The van der Waals surface area contributed by atoms with Crippen molar-refractivity contribution in [1.82, 2.24) is 24.6 Å². The Balaban J connectivity index is 1.53. The first-order chi connectivity index (χ1) is 21.0. The van der Waals surface area contributed by atoms with Crippen LogP contribution in [0.4, 0.5) is 17.6 Å². The molecule has 6 rings (SSSR count). The van der Waals surface area contributed by atoms with Gasteiger partial charge in [-0.05, 0) is 69.5 Å². The highest BCUT2D eigenvalue weighted by Gasteiger charge is 2.37. The lowest BCUT2D eigenvalue weighted by atomic mass is 9.94. The molecule has 0 bridgehead atoms. The van der Waals surface area contributed by atoms with E-state index in [1.54, 1.807) is 15.8 Å². The molecule has 2 aliphatic rings. The third-order valence-corrected chi connectivity index (χ3v) is 9.19. The van der Waals surface area contributed by atoms with Gasteiger partial charge in [-0.15, -0.1) is 0 Å². The highest BCUT2D eigenvalue weighted by Crippen LogP contribution is 2.45. The summed E-state index contributed by atoms with van der Waals surface area (Å²) in [5.74, 6) is -0.954. The molecule has 1 unspecified atom stereocenters. The van der Waals surface area contributed by atoms with Gasteiger partial charge in [-0.1, -0.05) is 36.4 Å². The zero-order valence-corrected chi connectivity index (χ0v) is 25.2. The van der Waals surface area contributed by atoms with Gasteiger partial charge in [0.05, 0.1) is 33.7 Å². The first kappa shape index (κ1) is 30.3. The van der Waals surface area contributed by atoms with E-state index in [0.717, 1.165) is 19.4 Å². The standard InChI is InChI=1S/C32H32ClF4N5O2/c1-4-25(43)41-13-10-19(11-14-41)42-30-22-15-24(33)26(21-9-5-7-18(2)27(21)32(35,36)37)28(34)29(22)39-31(23(30)16-38-42)44-17-20-8-6-12-40(20)3/h4-5,7,9,15-16,19-20H,1,6,8,10-14,17H2,2-3H3. The summed E-state index contributed by atoms with van der Waals surface area (Å²) < 4.78 is 67.2. The molecule has 12 heteroatoms. The third-order valence-electron chi connectivity index (χ3n) is 8.89. The molecule has 44 heavy (non-hydrogen) atoms. The Morgan fingerprint density at radius 1 is 1.18 bits per heavy atom. The summed E-state index contributed by atoms with van der Waals surface area (Å²) in [6.07, 6.45) is 1.34. The van der Waals surface area contributed by atoms with Crippen molar-refractivity contribution in [1.29, 1.82) is 0 Å². The molecule has 2 fully saturated rings. The van der Waals surface area contributed by atoms with E-state index in [0.29, 0.717) is 48.8 Å². The number of aromatic nitrogens is 3. The SMILES string of the molecule is C=CC(=O)N1CCC(n2ncc3c(OCC4CCCN4C)nc4c(F)c(-c5cccc(C)c5C(F)(F)F)c(Cl)cc4c32)CC1. The predicted octanol–water partition coefficient (Wildman–Crippen LogP) is 7.19. The monoisotopic (exact) mass is 629 g/mol. The number of fused-ring (bicyclic) bond motifs is 3.